The summed E-state index contributed by atoms with van der Waals surface area (Å²) in [5.41, 5.74) is 0. The molecule has 3 nitrogen and oxygen atoms in total. The molecule has 0 spiro atoms. The van der Waals surface area contributed by atoms with Crippen molar-refractivity contribution in [2.45, 2.75) is 13.1 Å². The highest BCUT2D eigenvalue weighted by molar-refractivity contribution is 4.50. The first kappa shape index (κ1) is 7.88. The Balaban J connectivity index is 3.46. The van der Waals surface area contributed by atoms with Crippen molar-refractivity contribution >= 4 is 0 Å². The fourth-order valence-corrected chi connectivity index (χ4v) is 0.364. The van der Waals surface area contributed by atoms with E-state index in [2.05, 4.69) is 0 Å². The molecule has 0 bridgehead atoms. The Kier molecular flexibility index (Phi) is 2.97. The van der Waals surface area contributed by atoms with Crippen molar-refractivity contribution in [3.8, 4) is 0 Å². The molecule has 1 atom stereocenters. The average Bonchev–Trinajstić information content (AvgIpc) is 1.64. The van der Waals surface area contributed by atoms with Gasteiger partial charge in [0, 0.05) is 7.05 Å². The van der Waals surface area contributed by atoms with Gasteiger partial charge in [-0.25, -0.2) is 5.01 Å². The molecule has 8 heavy (non-hydrogen) atoms. The van der Waals surface area contributed by atoms with Crippen LogP contribution in [0.1, 0.15) is 6.92 Å². The van der Waals surface area contributed by atoms with E-state index in [0.717, 1.165) is 0 Å². The minimum Gasteiger partial charge on any atom is -0.293 e. The number of rotatable bonds is 2. The molecule has 0 aliphatic heterocycles. The first-order chi connectivity index (χ1) is 3.55. The number of nitrogens with two attached hydrogens (primary N) is 1. The van der Waals surface area contributed by atoms with Crippen molar-refractivity contribution < 1.29 is 0 Å². The Morgan fingerprint density at radius 1 is 1.25 bits per heavy atom. The minimum absolute atomic E-state index is 0.315. The number of nitrogens with zero attached hydrogens (tertiary/aromatic N) is 2. The highest BCUT2D eigenvalue weighted by Gasteiger charge is 2.04. The molecule has 0 aliphatic carbocycles. The third-order valence-electron chi connectivity index (χ3n) is 1.34. The van der Waals surface area contributed by atoms with Gasteiger partial charge < -0.3 is 0 Å². The summed E-state index contributed by atoms with van der Waals surface area (Å²) in [6.07, 6.45) is 0.315. The molecule has 3 heteroatoms. The number of hydrogen-bond donors (Lipinski definition) is 1. The third kappa shape index (κ3) is 2.26. The summed E-state index contributed by atoms with van der Waals surface area (Å²) in [5, 5.41) is 1.67. The highest BCUT2D eigenvalue weighted by Crippen LogP contribution is 1.89. The molecule has 1 unspecified atom stereocenters. The molecule has 0 saturated carbocycles. The standard InChI is InChI=1S/C5H15N3/c1-5(7(2)3)8(4)6/h5H,6H2,1-4H3. The molecule has 0 aliphatic rings. The summed E-state index contributed by atoms with van der Waals surface area (Å²) in [5.74, 6) is 5.43. The van der Waals surface area contributed by atoms with Crippen LogP contribution >= 0.6 is 0 Å². The predicted molar refractivity (Wildman–Crippen MR) is 35.1 cm³/mol. The average molecular weight is 117 g/mol. The second kappa shape index (κ2) is 3.02. The number of hydrazine groups is 1. The quantitative estimate of drug-likeness (QED) is 0.306. The molecule has 0 amide bonds. The Bertz CT molecular complexity index is 52.7. The fraction of sp³-hybridized carbons (Fsp3) is 1.00. The van der Waals surface area contributed by atoms with Crippen LogP contribution in [-0.2, 0) is 0 Å². The Labute approximate surface area is 51.0 Å². The van der Waals surface area contributed by atoms with Gasteiger partial charge in [0.05, 0.1) is 6.17 Å². The fourth-order valence-electron chi connectivity index (χ4n) is 0.364. The lowest BCUT2D eigenvalue weighted by atomic mass is 10.5. The Hall–Kier alpha value is -0.120. The Morgan fingerprint density at radius 3 is 1.62 bits per heavy atom. The molecular weight excluding hydrogens is 102 g/mol. The molecule has 0 radical (unpaired) electrons. The van der Waals surface area contributed by atoms with Gasteiger partial charge in [-0.2, -0.15) is 0 Å². The molecule has 0 aromatic heterocycles. The second-order valence-corrected chi connectivity index (χ2v) is 2.26. The topological polar surface area (TPSA) is 32.5 Å². The first-order valence-corrected chi connectivity index (χ1v) is 2.69. The van der Waals surface area contributed by atoms with Crippen LogP contribution in [0.5, 0.6) is 0 Å². The summed E-state index contributed by atoms with van der Waals surface area (Å²) < 4.78 is 0. The van der Waals surface area contributed by atoms with E-state index < -0.39 is 0 Å². The minimum atomic E-state index is 0.315. The molecule has 0 aromatic rings. The second-order valence-electron chi connectivity index (χ2n) is 2.26. The zero-order valence-electron chi connectivity index (χ0n) is 6.05. The van der Waals surface area contributed by atoms with E-state index in [9.17, 15) is 0 Å². The molecule has 0 aromatic carbocycles. The SMILES string of the molecule is CC(N(C)C)N(C)N. The van der Waals surface area contributed by atoms with Gasteiger partial charge >= 0.3 is 0 Å². The zero-order chi connectivity index (χ0) is 6.73. The summed E-state index contributed by atoms with van der Waals surface area (Å²) in [6.45, 7) is 2.04. The van der Waals surface area contributed by atoms with Crippen molar-refractivity contribution in [1.82, 2.24) is 9.91 Å². The van der Waals surface area contributed by atoms with Crippen LogP contribution in [0, 0.1) is 0 Å². The van der Waals surface area contributed by atoms with Gasteiger partial charge in [0.15, 0.2) is 0 Å². The molecule has 2 N–H and O–H groups in total. The summed E-state index contributed by atoms with van der Waals surface area (Å²) in [4.78, 5) is 2.04. The van der Waals surface area contributed by atoms with Crippen LogP contribution in [0.15, 0.2) is 0 Å². The maximum atomic E-state index is 5.43. The van der Waals surface area contributed by atoms with Crippen molar-refractivity contribution in [2.75, 3.05) is 21.1 Å². The first-order valence-electron chi connectivity index (χ1n) is 2.69. The van der Waals surface area contributed by atoms with E-state index in [1.54, 1.807) is 5.01 Å². The molecule has 50 valence electrons. The maximum Gasteiger partial charge on any atom is 0.0718 e. The lowest BCUT2D eigenvalue weighted by Gasteiger charge is -2.25. The van der Waals surface area contributed by atoms with E-state index in [1.807, 2.05) is 33.0 Å². The van der Waals surface area contributed by atoms with Gasteiger partial charge in [-0.15, -0.1) is 0 Å². The summed E-state index contributed by atoms with van der Waals surface area (Å²) in [6, 6.07) is 0. The van der Waals surface area contributed by atoms with Gasteiger partial charge in [-0.1, -0.05) is 0 Å². The van der Waals surface area contributed by atoms with E-state index in [-0.39, 0.29) is 0 Å². The molecule has 0 fully saturated rings. The largest absolute Gasteiger partial charge is 0.293 e. The predicted octanol–water partition coefficient (Wildman–Crippen LogP) is -0.300. The van der Waals surface area contributed by atoms with Gasteiger partial charge in [0.1, 0.15) is 0 Å². The Morgan fingerprint density at radius 2 is 1.62 bits per heavy atom. The normalized spacial score (nSPS) is 15.4. The summed E-state index contributed by atoms with van der Waals surface area (Å²) >= 11 is 0. The van der Waals surface area contributed by atoms with Gasteiger partial charge in [0.2, 0.25) is 0 Å². The van der Waals surface area contributed by atoms with Crippen LogP contribution in [0.4, 0.5) is 0 Å². The van der Waals surface area contributed by atoms with Gasteiger partial charge in [-0.05, 0) is 21.0 Å². The van der Waals surface area contributed by atoms with Gasteiger partial charge in [-0.3, -0.25) is 10.7 Å². The van der Waals surface area contributed by atoms with Crippen LogP contribution < -0.4 is 5.84 Å². The van der Waals surface area contributed by atoms with E-state index in [0.29, 0.717) is 6.17 Å². The smallest absolute Gasteiger partial charge is 0.0718 e. The van der Waals surface area contributed by atoms with Crippen molar-refractivity contribution in [2.24, 2.45) is 5.84 Å². The van der Waals surface area contributed by atoms with E-state index in [4.69, 9.17) is 5.84 Å². The van der Waals surface area contributed by atoms with Crippen molar-refractivity contribution in [3.05, 3.63) is 0 Å². The van der Waals surface area contributed by atoms with Gasteiger partial charge in [0.25, 0.3) is 0 Å². The lowest BCUT2D eigenvalue weighted by molar-refractivity contribution is 0.122. The monoisotopic (exact) mass is 117 g/mol. The lowest BCUT2D eigenvalue weighted by Crippen LogP contribution is -2.44. The van der Waals surface area contributed by atoms with Crippen LogP contribution in [-0.4, -0.2) is 37.2 Å². The van der Waals surface area contributed by atoms with Crippen LogP contribution in [0.2, 0.25) is 0 Å². The van der Waals surface area contributed by atoms with E-state index >= 15 is 0 Å². The maximum absolute atomic E-state index is 5.43. The molecule has 0 rings (SSSR count). The molecule has 0 saturated heterocycles. The summed E-state index contributed by atoms with van der Waals surface area (Å²) in [7, 11) is 5.84. The van der Waals surface area contributed by atoms with Crippen LogP contribution in [0.25, 0.3) is 0 Å². The van der Waals surface area contributed by atoms with E-state index in [1.165, 1.54) is 0 Å². The molecular formula is C5H15N3. The molecule has 0 heterocycles. The number of hydrogen-bond acceptors (Lipinski definition) is 3. The third-order valence-corrected chi connectivity index (χ3v) is 1.34. The van der Waals surface area contributed by atoms with Crippen molar-refractivity contribution in [1.29, 1.82) is 0 Å². The zero-order valence-corrected chi connectivity index (χ0v) is 6.05. The highest BCUT2D eigenvalue weighted by atomic mass is 15.5. The van der Waals surface area contributed by atoms with Crippen molar-refractivity contribution in [3.63, 3.8) is 0 Å². The van der Waals surface area contributed by atoms with Crippen LogP contribution in [0.3, 0.4) is 0 Å².